The zero-order chi connectivity index (χ0) is 15.1. The second-order valence-electron chi connectivity index (χ2n) is 4.44. The second kappa shape index (κ2) is 4.55. The number of ketones is 1. The van der Waals surface area contributed by atoms with Crippen molar-refractivity contribution in [1.82, 2.24) is 0 Å². The predicted octanol–water partition coefficient (Wildman–Crippen LogP) is 1.85. The molecule has 7 heteroatoms. The number of anilines is 1. The van der Waals surface area contributed by atoms with Crippen molar-refractivity contribution in [2.24, 2.45) is 0 Å². The van der Waals surface area contributed by atoms with Crippen LogP contribution >= 0.6 is 0 Å². The first-order chi connectivity index (χ1) is 9.99. The SMILES string of the molecule is O=C1C(=O)N(Cc2occc2C(=O)O)c2ccc(F)cc21. The fraction of sp³-hybridized carbons (Fsp3) is 0.0714. The van der Waals surface area contributed by atoms with Crippen LogP contribution in [0.3, 0.4) is 0 Å². The van der Waals surface area contributed by atoms with Crippen molar-refractivity contribution in [3.8, 4) is 0 Å². The summed E-state index contributed by atoms with van der Waals surface area (Å²) in [6, 6.07) is 4.66. The van der Waals surface area contributed by atoms with Gasteiger partial charge in [-0.05, 0) is 24.3 Å². The van der Waals surface area contributed by atoms with Crippen molar-refractivity contribution in [2.75, 3.05) is 4.90 Å². The first-order valence-electron chi connectivity index (χ1n) is 5.94. The van der Waals surface area contributed by atoms with E-state index in [4.69, 9.17) is 9.52 Å². The van der Waals surface area contributed by atoms with Gasteiger partial charge in [0, 0.05) is 0 Å². The molecule has 1 N–H and O–H groups in total. The van der Waals surface area contributed by atoms with E-state index in [1.54, 1.807) is 0 Å². The Hall–Kier alpha value is -2.96. The number of rotatable bonds is 3. The van der Waals surface area contributed by atoms with Crippen molar-refractivity contribution in [3.63, 3.8) is 0 Å². The van der Waals surface area contributed by atoms with E-state index < -0.39 is 23.5 Å². The molecule has 1 aliphatic rings. The normalized spacial score (nSPS) is 13.7. The number of carbonyl (C=O) groups excluding carboxylic acids is 2. The number of halogens is 1. The molecule has 0 aliphatic carbocycles. The molecule has 1 amide bonds. The van der Waals surface area contributed by atoms with Crippen molar-refractivity contribution < 1.29 is 28.3 Å². The fourth-order valence-electron chi connectivity index (χ4n) is 2.23. The summed E-state index contributed by atoms with van der Waals surface area (Å²) >= 11 is 0. The minimum atomic E-state index is -1.20. The van der Waals surface area contributed by atoms with Crippen LogP contribution in [0.2, 0.25) is 0 Å². The Morgan fingerprint density at radius 1 is 1.29 bits per heavy atom. The Morgan fingerprint density at radius 3 is 2.76 bits per heavy atom. The average Bonchev–Trinajstić information content (AvgIpc) is 2.99. The number of Topliss-reactive ketones (excluding diaryl/α,β-unsaturated/α-hetero) is 1. The van der Waals surface area contributed by atoms with Crippen LogP contribution in [0, 0.1) is 5.82 Å². The average molecular weight is 289 g/mol. The largest absolute Gasteiger partial charge is 0.478 e. The van der Waals surface area contributed by atoms with Crippen LogP contribution in [-0.4, -0.2) is 22.8 Å². The van der Waals surface area contributed by atoms with Gasteiger partial charge in [0.05, 0.1) is 24.1 Å². The monoisotopic (exact) mass is 289 g/mol. The molecule has 2 aromatic rings. The van der Waals surface area contributed by atoms with Gasteiger partial charge in [-0.3, -0.25) is 14.5 Å². The molecular formula is C14H8FNO5. The zero-order valence-electron chi connectivity index (χ0n) is 10.5. The number of furan rings is 1. The highest BCUT2D eigenvalue weighted by Crippen LogP contribution is 2.31. The van der Waals surface area contributed by atoms with Gasteiger partial charge >= 0.3 is 5.97 Å². The number of hydrogen-bond acceptors (Lipinski definition) is 4. The van der Waals surface area contributed by atoms with E-state index in [2.05, 4.69) is 0 Å². The van der Waals surface area contributed by atoms with E-state index in [1.165, 1.54) is 18.4 Å². The van der Waals surface area contributed by atoms with Crippen LogP contribution in [0.25, 0.3) is 0 Å². The van der Waals surface area contributed by atoms with Crippen molar-refractivity contribution in [3.05, 3.63) is 53.2 Å². The quantitative estimate of drug-likeness (QED) is 0.871. The Balaban J connectivity index is 2.01. The summed E-state index contributed by atoms with van der Waals surface area (Å²) in [5.74, 6) is -3.45. The lowest BCUT2D eigenvalue weighted by atomic mass is 10.1. The molecule has 3 rings (SSSR count). The smallest absolute Gasteiger partial charge is 0.339 e. The number of amides is 1. The maximum absolute atomic E-state index is 13.2. The maximum Gasteiger partial charge on any atom is 0.339 e. The van der Waals surface area contributed by atoms with Gasteiger partial charge in [-0.2, -0.15) is 0 Å². The van der Waals surface area contributed by atoms with Crippen molar-refractivity contribution in [2.45, 2.75) is 6.54 Å². The molecule has 6 nitrogen and oxygen atoms in total. The highest BCUT2D eigenvalue weighted by Gasteiger charge is 2.37. The zero-order valence-corrected chi connectivity index (χ0v) is 10.5. The first kappa shape index (κ1) is 13.0. The topological polar surface area (TPSA) is 87.8 Å². The second-order valence-corrected chi connectivity index (χ2v) is 4.44. The highest BCUT2D eigenvalue weighted by molar-refractivity contribution is 6.52. The third-order valence-corrected chi connectivity index (χ3v) is 3.21. The van der Waals surface area contributed by atoms with Crippen LogP contribution < -0.4 is 4.90 Å². The summed E-state index contributed by atoms with van der Waals surface area (Å²) in [4.78, 5) is 35.8. The van der Waals surface area contributed by atoms with Crippen LogP contribution in [0.5, 0.6) is 0 Å². The number of aromatic carboxylic acids is 1. The maximum atomic E-state index is 13.2. The van der Waals surface area contributed by atoms with Gasteiger partial charge in [0.25, 0.3) is 11.7 Å². The molecule has 1 aliphatic heterocycles. The number of benzene rings is 1. The number of fused-ring (bicyclic) bond motifs is 1. The molecule has 0 saturated heterocycles. The Bertz CT molecular complexity index is 779. The van der Waals surface area contributed by atoms with Crippen molar-refractivity contribution >= 4 is 23.3 Å². The summed E-state index contributed by atoms with van der Waals surface area (Å²) in [6.45, 7) is -0.210. The summed E-state index contributed by atoms with van der Waals surface area (Å²) in [7, 11) is 0. The van der Waals surface area contributed by atoms with Gasteiger partial charge in [-0.15, -0.1) is 0 Å². The Labute approximate surface area is 117 Å². The van der Waals surface area contributed by atoms with Crippen LogP contribution in [0.1, 0.15) is 26.5 Å². The molecular weight excluding hydrogens is 281 g/mol. The predicted molar refractivity (Wildman–Crippen MR) is 67.6 cm³/mol. The van der Waals surface area contributed by atoms with Gasteiger partial charge in [0.1, 0.15) is 17.1 Å². The van der Waals surface area contributed by atoms with Gasteiger partial charge in [0.2, 0.25) is 0 Å². The Morgan fingerprint density at radius 2 is 2.05 bits per heavy atom. The standard InChI is InChI=1S/C14H8FNO5/c15-7-1-2-10-9(5-7)12(17)13(18)16(10)6-11-8(14(19)20)3-4-21-11/h1-5H,6H2,(H,19,20). The van der Waals surface area contributed by atoms with Gasteiger partial charge in [-0.1, -0.05) is 0 Å². The fourth-order valence-corrected chi connectivity index (χ4v) is 2.23. The van der Waals surface area contributed by atoms with Crippen molar-refractivity contribution in [1.29, 1.82) is 0 Å². The number of carboxylic acids is 1. The van der Waals surface area contributed by atoms with E-state index in [9.17, 15) is 18.8 Å². The van der Waals surface area contributed by atoms with E-state index >= 15 is 0 Å². The summed E-state index contributed by atoms with van der Waals surface area (Å²) in [5.41, 5.74) is 0.105. The lowest BCUT2D eigenvalue weighted by molar-refractivity contribution is -0.114. The number of nitrogens with zero attached hydrogens (tertiary/aromatic N) is 1. The Kier molecular flexibility index (Phi) is 2.83. The highest BCUT2D eigenvalue weighted by atomic mass is 19.1. The van der Waals surface area contributed by atoms with Gasteiger partial charge in [-0.25, -0.2) is 9.18 Å². The third-order valence-electron chi connectivity index (χ3n) is 3.21. The number of carboxylic acid groups (broad SMARTS) is 1. The minimum absolute atomic E-state index is 0.0385. The van der Waals surface area contributed by atoms with Gasteiger partial charge in [0.15, 0.2) is 0 Å². The third kappa shape index (κ3) is 1.99. The molecule has 0 bridgehead atoms. The van der Waals surface area contributed by atoms with Crippen LogP contribution in [-0.2, 0) is 11.3 Å². The molecule has 1 aromatic heterocycles. The summed E-state index contributed by atoms with van der Waals surface area (Å²) < 4.78 is 18.2. The lowest BCUT2D eigenvalue weighted by Crippen LogP contribution is -2.29. The van der Waals surface area contributed by atoms with E-state index in [-0.39, 0.29) is 29.1 Å². The van der Waals surface area contributed by atoms with Crippen LogP contribution in [0.15, 0.2) is 34.9 Å². The van der Waals surface area contributed by atoms with E-state index in [0.717, 1.165) is 17.0 Å². The molecule has 21 heavy (non-hydrogen) atoms. The minimum Gasteiger partial charge on any atom is -0.478 e. The first-order valence-corrected chi connectivity index (χ1v) is 5.94. The molecule has 106 valence electrons. The van der Waals surface area contributed by atoms with Crippen LogP contribution in [0.4, 0.5) is 10.1 Å². The van der Waals surface area contributed by atoms with E-state index in [1.807, 2.05) is 0 Å². The molecule has 0 spiro atoms. The van der Waals surface area contributed by atoms with E-state index in [0.29, 0.717) is 0 Å². The summed E-state index contributed by atoms with van der Waals surface area (Å²) in [5, 5.41) is 9.00. The molecule has 0 radical (unpaired) electrons. The van der Waals surface area contributed by atoms with Gasteiger partial charge < -0.3 is 9.52 Å². The molecule has 0 atom stereocenters. The summed E-state index contributed by atoms with van der Waals surface area (Å²) in [6.07, 6.45) is 1.19. The molecule has 0 saturated carbocycles. The molecule has 0 unspecified atom stereocenters. The number of hydrogen-bond donors (Lipinski definition) is 1. The lowest BCUT2D eigenvalue weighted by Gasteiger charge is -2.15. The molecule has 0 fully saturated rings. The molecule has 2 heterocycles. The molecule has 1 aromatic carbocycles. The number of carbonyl (C=O) groups is 3.